The number of ether oxygens (including phenoxy) is 1. The number of aryl methyl sites for hydroxylation is 2. The van der Waals surface area contributed by atoms with Crippen molar-refractivity contribution in [2.24, 2.45) is 7.05 Å². The lowest BCUT2D eigenvalue weighted by Crippen LogP contribution is -2.37. The number of carbonyl (C=O) groups is 1. The summed E-state index contributed by atoms with van der Waals surface area (Å²) in [5, 5.41) is 7.52. The molecule has 1 saturated heterocycles. The fourth-order valence-electron chi connectivity index (χ4n) is 3.38. The number of nitrogens with one attached hydrogen (secondary N) is 1. The number of hydrogen-bond acceptors (Lipinski definition) is 4. The van der Waals surface area contributed by atoms with Crippen LogP contribution in [0.1, 0.15) is 58.6 Å². The predicted octanol–water partition coefficient (Wildman–Crippen LogP) is 2.26. The summed E-state index contributed by atoms with van der Waals surface area (Å²) in [5.41, 5.74) is 3.71. The first kappa shape index (κ1) is 15.3. The van der Waals surface area contributed by atoms with E-state index < -0.39 is 0 Å². The largest absolute Gasteiger partial charge is 0.371 e. The molecule has 2 fully saturated rings. The maximum Gasteiger partial charge on any atom is 0.251 e. The van der Waals surface area contributed by atoms with Crippen molar-refractivity contribution < 1.29 is 9.53 Å². The van der Waals surface area contributed by atoms with E-state index in [-0.39, 0.29) is 18.1 Å². The van der Waals surface area contributed by atoms with Gasteiger partial charge in [0.15, 0.2) is 0 Å². The van der Waals surface area contributed by atoms with E-state index in [4.69, 9.17) is 4.74 Å². The molecule has 2 atom stereocenters. The number of nitrogens with zero attached hydrogens (tertiary/aromatic N) is 3. The molecule has 0 spiro atoms. The molecule has 0 bridgehead atoms. The van der Waals surface area contributed by atoms with Gasteiger partial charge in [0, 0.05) is 48.8 Å². The second-order valence-electron chi connectivity index (χ2n) is 6.75. The number of hydrogen-bond donors (Lipinski definition) is 1. The Morgan fingerprint density at radius 3 is 2.92 bits per heavy atom. The second-order valence-corrected chi connectivity index (χ2v) is 6.75. The molecule has 6 nitrogen and oxygen atoms in total. The maximum absolute atomic E-state index is 12.6. The summed E-state index contributed by atoms with van der Waals surface area (Å²) in [5.74, 6) is 0.486. The Kier molecular flexibility index (Phi) is 3.84. The molecule has 0 unspecified atom stereocenters. The van der Waals surface area contributed by atoms with Crippen molar-refractivity contribution in [3.05, 3.63) is 47.0 Å². The van der Waals surface area contributed by atoms with E-state index >= 15 is 0 Å². The lowest BCUT2D eigenvalue weighted by molar-refractivity contribution is 0.0819. The van der Waals surface area contributed by atoms with Crippen LogP contribution in [0.25, 0.3) is 0 Å². The Balaban J connectivity index is 1.50. The molecule has 1 aliphatic heterocycles. The molecule has 1 N–H and O–H groups in total. The van der Waals surface area contributed by atoms with E-state index in [1.807, 2.05) is 26.2 Å². The first-order valence-electron chi connectivity index (χ1n) is 8.50. The summed E-state index contributed by atoms with van der Waals surface area (Å²) < 4.78 is 7.66. The lowest BCUT2D eigenvalue weighted by atomic mass is 10.0. The third-order valence-electron chi connectivity index (χ3n) is 4.81. The normalized spacial score (nSPS) is 23.4. The van der Waals surface area contributed by atoms with Crippen molar-refractivity contribution in [1.82, 2.24) is 20.1 Å². The SMILES string of the molecule is Cc1nn(C)cc1[C@H]1OCC[C@@H]1NC(=O)c1ccnc(C2CC2)c1. The molecule has 6 heteroatoms. The average molecular weight is 326 g/mol. The molecule has 1 saturated carbocycles. The number of rotatable bonds is 4. The summed E-state index contributed by atoms with van der Waals surface area (Å²) in [6.07, 6.45) is 6.74. The molecule has 126 valence electrons. The van der Waals surface area contributed by atoms with Crippen LogP contribution in [-0.4, -0.2) is 33.3 Å². The van der Waals surface area contributed by atoms with Crippen LogP contribution in [0.15, 0.2) is 24.5 Å². The van der Waals surface area contributed by atoms with Crippen LogP contribution in [-0.2, 0) is 11.8 Å². The van der Waals surface area contributed by atoms with Crippen LogP contribution in [0.3, 0.4) is 0 Å². The molecule has 4 rings (SSSR count). The maximum atomic E-state index is 12.6. The van der Waals surface area contributed by atoms with Crippen LogP contribution in [0.4, 0.5) is 0 Å². The van der Waals surface area contributed by atoms with Crippen molar-refractivity contribution in [2.45, 2.75) is 44.2 Å². The standard InChI is InChI=1S/C18H22N4O2/c1-11-14(10-22(2)21-11)17-15(6-8-24-17)20-18(23)13-5-7-19-16(9-13)12-3-4-12/h5,7,9-10,12,15,17H,3-4,6,8H2,1-2H3,(H,20,23)/t15-,17+/m0/s1. The Hall–Kier alpha value is -2.21. The molecular formula is C18H22N4O2. The summed E-state index contributed by atoms with van der Waals surface area (Å²) in [6.45, 7) is 2.62. The van der Waals surface area contributed by atoms with E-state index in [1.165, 1.54) is 12.8 Å². The molecule has 24 heavy (non-hydrogen) atoms. The molecule has 0 radical (unpaired) electrons. The highest BCUT2D eigenvalue weighted by Crippen LogP contribution is 2.39. The van der Waals surface area contributed by atoms with Gasteiger partial charge in [-0.15, -0.1) is 0 Å². The fraction of sp³-hybridized carbons (Fsp3) is 0.500. The first-order chi connectivity index (χ1) is 11.6. The van der Waals surface area contributed by atoms with Crippen molar-refractivity contribution in [2.75, 3.05) is 6.61 Å². The number of pyridine rings is 1. The van der Waals surface area contributed by atoms with Gasteiger partial charge in [0.25, 0.3) is 5.91 Å². The number of carbonyl (C=O) groups excluding carboxylic acids is 1. The third-order valence-corrected chi connectivity index (χ3v) is 4.81. The minimum absolute atomic E-state index is 0.0297. The van der Waals surface area contributed by atoms with Gasteiger partial charge in [0.1, 0.15) is 6.10 Å². The molecule has 3 heterocycles. The van der Waals surface area contributed by atoms with Crippen molar-refractivity contribution in [1.29, 1.82) is 0 Å². The van der Waals surface area contributed by atoms with Crippen molar-refractivity contribution in [3.63, 3.8) is 0 Å². The number of amides is 1. The molecular weight excluding hydrogens is 304 g/mol. The Labute approximate surface area is 141 Å². The van der Waals surface area contributed by atoms with Gasteiger partial charge >= 0.3 is 0 Å². The second kappa shape index (κ2) is 6.02. The van der Waals surface area contributed by atoms with Gasteiger partial charge in [0.05, 0.1) is 11.7 Å². The van der Waals surface area contributed by atoms with Crippen LogP contribution >= 0.6 is 0 Å². The minimum Gasteiger partial charge on any atom is -0.371 e. The average Bonchev–Trinajstić information content (AvgIpc) is 3.24. The predicted molar refractivity (Wildman–Crippen MR) is 88.7 cm³/mol. The van der Waals surface area contributed by atoms with Gasteiger partial charge in [-0.25, -0.2) is 0 Å². The molecule has 2 aromatic heterocycles. The zero-order valence-electron chi connectivity index (χ0n) is 14.0. The zero-order chi connectivity index (χ0) is 16.7. The first-order valence-corrected chi connectivity index (χ1v) is 8.50. The molecule has 2 aliphatic rings. The quantitative estimate of drug-likeness (QED) is 0.936. The highest BCUT2D eigenvalue weighted by atomic mass is 16.5. The zero-order valence-corrected chi connectivity index (χ0v) is 14.0. The third kappa shape index (κ3) is 2.94. The van der Waals surface area contributed by atoms with E-state index in [0.717, 1.165) is 23.4 Å². The van der Waals surface area contributed by atoms with Gasteiger partial charge in [0.2, 0.25) is 0 Å². The smallest absolute Gasteiger partial charge is 0.251 e. The van der Waals surface area contributed by atoms with Gasteiger partial charge < -0.3 is 10.1 Å². The minimum atomic E-state index is -0.132. The Morgan fingerprint density at radius 1 is 1.38 bits per heavy atom. The van der Waals surface area contributed by atoms with Gasteiger partial charge in [-0.2, -0.15) is 5.10 Å². The van der Waals surface area contributed by atoms with Crippen molar-refractivity contribution >= 4 is 5.91 Å². The van der Waals surface area contributed by atoms with Crippen LogP contribution in [0.5, 0.6) is 0 Å². The molecule has 1 aliphatic carbocycles. The lowest BCUT2D eigenvalue weighted by Gasteiger charge is -2.19. The Bertz CT molecular complexity index is 766. The van der Waals surface area contributed by atoms with Gasteiger partial charge in [-0.1, -0.05) is 0 Å². The van der Waals surface area contributed by atoms with Crippen LogP contribution in [0.2, 0.25) is 0 Å². The van der Waals surface area contributed by atoms with Crippen LogP contribution < -0.4 is 5.32 Å². The molecule has 0 aromatic carbocycles. The van der Waals surface area contributed by atoms with Crippen LogP contribution in [0, 0.1) is 6.92 Å². The Morgan fingerprint density at radius 2 is 2.21 bits per heavy atom. The van der Waals surface area contributed by atoms with E-state index in [1.54, 1.807) is 16.9 Å². The van der Waals surface area contributed by atoms with Gasteiger partial charge in [-0.3, -0.25) is 14.5 Å². The number of aromatic nitrogens is 3. The topological polar surface area (TPSA) is 69.0 Å². The van der Waals surface area contributed by atoms with Gasteiger partial charge in [-0.05, 0) is 38.3 Å². The summed E-state index contributed by atoms with van der Waals surface area (Å²) in [4.78, 5) is 17.0. The summed E-state index contributed by atoms with van der Waals surface area (Å²) >= 11 is 0. The monoisotopic (exact) mass is 326 g/mol. The van der Waals surface area contributed by atoms with E-state index in [9.17, 15) is 4.79 Å². The fourth-order valence-corrected chi connectivity index (χ4v) is 3.38. The van der Waals surface area contributed by atoms with E-state index in [0.29, 0.717) is 18.1 Å². The highest BCUT2D eigenvalue weighted by molar-refractivity contribution is 5.94. The van der Waals surface area contributed by atoms with E-state index in [2.05, 4.69) is 15.4 Å². The molecule has 1 amide bonds. The molecule has 2 aromatic rings. The summed E-state index contributed by atoms with van der Waals surface area (Å²) in [7, 11) is 1.90. The highest BCUT2D eigenvalue weighted by Gasteiger charge is 2.33. The van der Waals surface area contributed by atoms with Crippen molar-refractivity contribution in [3.8, 4) is 0 Å². The summed E-state index contributed by atoms with van der Waals surface area (Å²) in [6, 6.07) is 3.67.